The zero-order valence-corrected chi connectivity index (χ0v) is 18.7. The van der Waals surface area contributed by atoms with E-state index in [4.69, 9.17) is 0 Å². The lowest BCUT2D eigenvalue weighted by atomic mass is 10.0. The zero-order chi connectivity index (χ0) is 21.1. The predicted molar refractivity (Wildman–Crippen MR) is 138 cm³/mol. The van der Waals surface area contributed by atoms with E-state index in [1.807, 2.05) is 0 Å². The molecule has 150 valence electrons. The van der Waals surface area contributed by atoms with Crippen LogP contribution in [0.3, 0.4) is 0 Å². The van der Waals surface area contributed by atoms with Crippen molar-refractivity contribution in [3.8, 4) is 0 Å². The zero-order valence-electron chi connectivity index (χ0n) is 17.8. The molecule has 0 aliphatic heterocycles. The van der Waals surface area contributed by atoms with Crippen LogP contribution in [0.5, 0.6) is 0 Å². The molecule has 0 unspecified atom stereocenters. The standard InChI is InChI=1S/C30H26P/c1-24-21-22-25(30-20-12-11-19-29(24)30)23-31(26-13-5-2-6-14-26,27-15-7-3-8-16-27)28-17-9-4-10-18-28/h2-22H,23H2,1H3/q+1. The van der Waals surface area contributed by atoms with Crippen LogP contribution in [0.25, 0.3) is 10.8 Å². The van der Waals surface area contributed by atoms with Gasteiger partial charge in [-0.15, -0.1) is 0 Å². The molecule has 0 bridgehead atoms. The molecule has 0 N–H and O–H groups in total. The summed E-state index contributed by atoms with van der Waals surface area (Å²) in [4.78, 5) is 0. The second-order valence-electron chi connectivity index (χ2n) is 8.06. The summed E-state index contributed by atoms with van der Waals surface area (Å²) in [6.07, 6.45) is 1.01. The smallest absolute Gasteiger partial charge is 0.0620 e. The lowest BCUT2D eigenvalue weighted by Crippen LogP contribution is -2.32. The first kappa shape index (κ1) is 19.7. The van der Waals surface area contributed by atoms with Crippen LogP contribution in [-0.2, 0) is 6.16 Å². The Morgan fingerprint density at radius 2 is 0.871 bits per heavy atom. The van der Waals surface area contributed by atoms with Crippen molar-refractivity contribution in [2.45, 2.75) is 13.1 Å². The van der Waals surface area contributed by atoms with Gasteiger partial charge in [-0.25, -0.2) is 0 Å². The highest BCUT2D eigenvalue weighted by Crippen LogP contribution is 2.58. The van der Waals surface area contributed by atoms with Gasteiger partial charge in [-0.05, 0) is 65.2 Å². The Labute approximate surface area is 185 Å². The normalized spacial score (nSPS) is 11.5. The number of rotatable bonds is 5. The van der Waals surface area contributed by atoms with Gasteiger partial charge in [-0.1, -0.05) is 91.0 Å². The van der Waals surface area contributed by atoms with Crippen LogP contribution in [0.1, 0.15) is 11.1 Å². The second-order valence-corrected chi connectivity index (χ2v) is 11.5. The average molecular weight is 418 g/mol. The monoisotopic (exact) mass is 417 g/mol. The van der Waals surface area contributed by atoms with Crippen LogP contribution >= 0.6 is 7.26 Å². The summed E-state index contributed by atoms with van der Waals surface area (Å²) >= 11 is 0. The lowest BCUT2D eigenvalue weighted by Gasteiger charge is -2.28. The van der Waals surface area contributed by atoms with Gasteiger partial charge in [0.1, 0.15) is 23.2 Å². The maximum absolute atomic E-state index is 2.35. The number of fused-ring (bicyclic) bond motifs is 1. The molecule has 0 radical (unpaired) electrons. The molecule has 31 heavy (non-hydrogen) atoms. The van der Waals surface area contributed by atoms with Crippen LogP contribution < -0.4 is 15.9 Å². The molecule has 0 nitrogen and oxygen atoms in total. The van der Waals surface area contributed by atoms with Crippen molar-refractivity contribution < 1.29 is 0 Å². The molecule has 0 saturated heterocycles. The quantitative estimate of drug-likeness (QED) is 0.281. The van der Waals surface area contributed by atoms with Crippen LogP contribution in [0.4, 0.5) is 0 Å². The third-order valence-electron chi connectivity index (χ3n) is 6.23. The molecule has 5 aromatic rings. The van der Waals surface area contributed by atoms with Crippen molar-refractivity contribution in [2.75, 3.05) is 0 Å². The Hall–Kier alpha value is -3.21. The van der Waals surface area contributed by atoms with Gasteiger partial charge in [-0.3, -0.25) is 0 Å². The fraction of sp³-hybridized carbons (Fsp3) is 0.0667. The predicted octanol–water partition coefficient (Wildman–Crippen LogP) is 6.64. The highest BCUT2D eigenvalue weighted by molar-refractivity contribution is 7.95. The van der Waals surface area contributed by atoms with Gasteiger partial charge in [0.25, 0.3) is 0 Å². The van der Waals surface area contributed by atoms with E-state index in [9.17, 15) is 0 Å². The van der Waals surface area contributed by atoms with Crippen molar-refractivity contribution in [2.24, 2.45) is 0 Å². The summed E-state index contributed by atoms with van der Waals surface area (Å²) in [7, 11) is -1.89. The van der Waals surface area contributed by atoms with Crippen molar-refractivity contribution in [3.05, 3.63) is 139 Å². The molecule has 0 atom stereocenters. The van der Waals surface area contributed by atoms with Crippen molar-refractivity contribution >= 4 is 33.9 Å². The summed E-state index contributed by atoms with van der Waals surface area (Å²) in [5.41, 5.74) is 2.76. The first-order valence-corrected chi connectivity index (χ1v) is 12.8. The highest BCUT2D eigenvalue weighted by atomic mass is 31.2. The molecule has 5 aromatic carbocycles. The van der Waals surface area contributed by atoms with Gasteiger partial charge < -0.3 is 0 Å². The number of hydrogen-bond acceptors (Lipinski definition) is 0. The number of hydrogen-bond donors (Lipinski definition) is 0. The molecule has 1 heteroatoms. The average Bonchev–Trinajstić information content (AvgIpc) is 2.86. The first-order chi connectivity index (χ1) is 15.3. The number of aryl methyl sites for hydroxylation is 1. The van der Waals surface area contributed by atoms with E-state index in [0.29, 0.717) is 0 Å². The maximum Gasteiger partial charge on any atom is 0.116 e. The highest BCUT2D eigenvalue weighted by Gasteiger charge is 2.45. The van der Waals surface area contributed by atoms with Crippen molar-refractivity contribution in [1.82, 2.24) is 0 Å². The van der Waals surface area contributed by atoms with Gasteiger partial charge in [0.15, 0.2) is 0 Å². The molecule has 0 aliphatic rings. The van der Waals surface area contributed by atoms with Crippen molar-refractivity contribution in [3.63, 3.8) is 0 Å². The van der Waals surface area contributed by atoms with Crippen molar-refractivity contribution in [1.29, 1.82) is 0 Å². The fourth-order valence-electron chi connectivity index (χ4n) is 4.67. The minimum Gasteiger partial charge on any atom is -0.0620 e. The van der Waals surface area contributed by atoms with Gasteiger partial charge in [0.2, 0.25) is 0 Å². The maximum atomic E-state index is 2.35. The van der Waals surface area contributed by atoms with Crippen LogP contribution in [0.2, 0.25) is 0 Å². The largest absolute Gasteiger partial charge is 0.116 e. The molecule has 0 aliphatic carbocycles. The van der Waals surface area contributed by atoms with Gasteiger partial charge in [0.05, 0.1) is 6.16 Å². The minimum absolute atomic E-state index is 1.01. The Morgan fingerprint density at radius 1 is 0.452 bits per heavy atom. The topological polar surface area (TPSA) is 0 Å². The van der Waals surface area contributed by atoms with E-state index in [1.165, 1.54) is 37.8 Å². The minimum atomic E-state index is -1.89. The second kappa shape index (κ2) is 8.50. The number of benzene rings is 5. The van der Waals surface area contributed by atoms with E-state index in [-0.39, 0.29) is 0 Å². The van der Waals surface area contributed by atoms with E-state index in [0.717, 1.165) is 6.16 Å². The summed E-state index contributed by atoms with van der Waals surface area (Å²) < 4.78 is 0. The molecule has 0 saturated carbocycles. The first-order valence-electron chi connectivity index (χ1n) is 10.8. The van der Waals surface area contributed by atoms with Crippen LogP contribution in [0, 0.1) is 6.92 Å². The molecule has 0 fully saturated rings. The van der Waals surface area contributed by atoms with E-state index in [2.05, 4.69) is 134 Å². The summed E-state index contributed by atoms with van der Waals surface area (Å²) in [5, 5.41) is 7.01. The third kappa shape index (κ3) is 3.58. The molecule has 0 aromatic heterocycles. The Kier molecular flexibility index (Phi) is 5.41. The van der Waals surface area contributed by atoms with Gasteiger partial charge in [0, 0.05) is 0 Å². The molecular weight excluding hydrogens is 391 g/mol. The Balaban J connectivity index is 1.82. The molecule has 0 spiro atoms. The van der Waals surface area contributed by atoms with E-state index in [1.54, 1.807) is 0 Å². The van der Waals surface area contributed by atoms with E-state index < -0.39 is 7.26 Å². The lowest BCUT2D eigenvalue weighted by molar-refractivity contribution is 1.40. The van der Waals surface area contributed by atoms with Crippen LogP contribution in [-0.4, -0.2) is 0 Å². The third-order valence-corrected chi connectivity index (χ3v) is 10.6. The van der Waals surface area contributed by atoms with Crippen LogP contribution in [0.15, 0.2) is 127 Å². The van der Waals surface area contributed by atoms with Gasteiger partial charge in [-0.2, -0.15) is 0 Å². The van der Waals surface area contributed by atoms with Gasteiger partial charge >= 0.3 is 0 Å². The molecule has 0 heterocycles. The molecule has 0 amide bonds. The van der Waals surface area contributed by atoms with E-state index >= 15 is 0 Å². The molecular formula is C30H26P+. The SMILES string of the molecule is Cc1ccc(C[P+](c2ccccc2)(c2ccccc2)c2ccccc2)c2ccccc12. The summed E-state index contributed by atoms with van der Waals surface area (Å²) in [6, 6.07) is 46.9. The Morgan fingerprint density at radius 3 is 1.35 bits per heavy atom. The summed E-state index contributed by atoms with van der Waals surface area (Å²) in [5.74, 6) is 0. The fourth-order valence-corrected chi connectivity index (χ4v) is 8.95. The summed E-state index contributed by atoms with van der Waals surface area (Å²) in [6.45, 7) is 2.21. The Bertz CT molecular complexity index is 1200. The molecule has 5 rings (SSSR count).